The molecule has 0 aliphatic carbocycles. The van der Waals surface area contributed by atoms with E-state index in [4.69, 9.17) is 11.6 Å². The van der Waals surface area contributed by atoms with Crippen molar-refractivity contribution in [3.8, 4) is 0 Å². The lowest BCUT2D eigenvalue weighted by Crippen LogP contribution is -2.32. The third kappa shape index (κ3) is 3.46. The number of rotatable bonds is 5. The van der Waals surface area contributed by atoms with Crippen molar-refractivity contribution >= 4 is 39.4 Å². The molecule has 4 rings (SSSR count). The van der Waals surface area contributed by atoms with Crippen LogP contribution in [0.2, 0.25) is 5.02 Å². The van der Waals surface area contributed by atoms with Crippen LogP contribution in [0.15, 0.2) is 41.2 Å². The largest absolute Gasteiger partial charge is 0.331 e. The molecule has 4 aromatic rings. The molecule has 2 aromatic carbocycles. The number of nitrogens with zero attached hydrogens (tertiary/aromatic N) is 4. The zero-order valence-corrected chi connectivity index (χ0v) is 15.8. The molecule has 0 spiro atoms. The van der Waals surface area contributed by atoms with Gasteiger partial charge in [-0.1, -0.05) is 18.5 Å². The van der Waals surface area contributed by atoms with Gasteiger partial charge in [-0.15, -0.1) is 0 Å². The molecule has 8 nitrogen and oxygen atoms in total. The van der Waals surface area contributed by atoms with E-state index in [1.807, 2.05) is 6.92 Å². The third-order valence-electron chi connectivity index (χ3n) is 4.40. The molecule has 0 saturated carbocycles. The Morgan fingerprint density at radius 1 is 1.11 bits per heavy atom. The van der Waals surface area contributed by atoms with Gasteiger partial charge in [0.1, 0.15) is 16.9 Å². The molecule has 2 heterocycles. The van der Waals surface area contributed by atoms with Gasteiger partial charge in [0.15, 0.2) is 0 Å². The Labute approximate surface area is 164 Å². The second-order valence-corrected chi connectivity index (χ2v) is 6.86. The first kappa shape index (κ1) is 18.1. The Balaban J connectivity index is 1.67. The first-order valence-electron chi connectivity index (χ1n) is 8.83. The summed E-state index contributed by atoms with van der Waals surface area (Å²) in [6.45, 7) is 2.69. The molecule has 0 atom stereocenters. The lowest BCUT2D eigenvalue weighted by molar-refractivity contribution is 0.0739. The van der Waals surface area contributed by atoms with Crippen molar-refractivity contribution in [3.63, 3.8) is 0 Å². The lowest BCUT2D eigenvalue weighted by Gasteiger charge is -2.21. The second kappa shape index (κ2) is 7.40. The van der Waals surface area contributed by atoms with Crippen LogP contribution in [0.25, 0.3) is 21.9 Å². The quantitative estimate of drug-likeness (QED) is 0.539. The van der Waals surface area contributed by atoms with E-state index in [9.17, 15) is 9.59 Å². The van der Waals surface area contributed by atoms with Crippen LogP contribution in [0.1, 0.15) is 29.5 Å². The van der Waals surface area contributed by atoms with Gasteiger partial charge in [0.05, 0.1) is 17.4 Å². The van der Waals surface area contributed by atoms with E-state index in [2.05, 4.69) is 25.4 Å². The zero-order chi connectivity index (χ0) is 19.7. The van der Waals surface area contributed by atoms with Crippen LogP contribution < -0.4 is 5.56 Å². The predicted octanol–water partition coefficient (Wildman–Crippen LogP) is 2.90. The molecule has 0 unspecified atom stereocenters. The highest BCUT2D eigenvalue weighted by Crippen LogP contribution is 2.17. The number of carbonyl (C=O) groups is 1. The average molecular weight is 397 g/mol. The number of nitrogens with one attached hydrogen (secondary N) is 2. The normalized spacial score (nSPS) is 11.2. The van der Waals surface area contributed by atoms with Gasteiger partial charge in [0.25, 0.3) is 11.5 Å². The van der Waals surface area contributed by atoms with Gasteiger partial charge in [-0.05, 0) is 42.8 Å². The van der Waals surface area contributed by atoms with Gasteiger partial charge in [-0.3, -0.25) is 9.59 Å². The van der Waals surface area contributed by atoms with E-state index in [-0.39, 0.29) is 18.0 Å². The monoisotopic (exact) mass is 396 g/mol. The van der Waals surface area contributed by atoms with Crippen LogP contribution in [0.5, 0.6) is 0 Å². The summed E-state index contributed by atoms with van der Waals surface area (Å²) < 4.78 is 0. The summed E-state index contributed by atoms with van der Waals surface area (Å²) in [5.41, 5.74) is 2.05. The van der Waals surface area contributed by atoms with Crippen molar-refractivity contribution in [1.29, 1.82) is 0 Å². The van der Waals surface area contributed by atoms with E-state index >= 15 is 0 Å². The van der Waals surface area contributed by atoms with Crippen LogP contribution in [-0.2, 0) is 6.54 Å². The summed E-state index contributed by atoms with van der Waals surface area (Å²) in [4.78, 5) is 34.3. The molecular weight excluding hydrogens is 380 g/mol. The van der Waals surface area contributed by atoms with E-state index < -0.39 is 0 Å². The number of aromatic nitrogens is 5. The minimum absolute atomic E-state index is 0.166. The molecule has 0 aliphatic rings. The molecule has 0 aliphatic heterocycles. The lowest BCUT2D eigenvalue weighted by atomic mass is 10.1. The SMILES string of the molecule is CCCN(Cc1nc2cc(Cl)ccc2c(=O)[nH]1)C(=O)c1ccc2n[nH]nc2c1. The first-order chi connectivity index (χ1) is 13.5. The number of fused-ring (bicyclic) bond motifs is 2. The molecule has 142 valence electrons. The molecule has 0 saturated heterocycles. The second-order valence-electron chi connectivity index (χ2n) is 6.43. The Hall–Kier alpha value is -3.26. The van der Waals surface area contributed by atoms with Crippen molar-refractivity contribution in [2.45, 2.75) is 19.9 Å². The number of halogens is 1. The number of H-pyrrole nitrogens is 2. The van der Waals surface area contributed by atoms with E-state index in [0.29, 0.717) is 44.9 Å². The van der Waals surface area contributed by atoms with Gasteiger partial charge in [-0.2, -0.15) is 15.4 Å². The van der Waals surface area contributed by atoms with Gasteiger partial charge in [0.2, 0.25) is 0 Å². The summed E-state index contributed by atoms with van der Waals surface area (Å²) in [6.07, 6.45) is 0.765. The summed E-state index contributed by atoms with van der Waals surface area (Å²) >= 11 is 6.02. The highest BCUT2D eigenvalue weighted by molar-refractivity contribution is 6.31. The molecule has 0 radical (unpaired) electrons. The Morgan fingerprint density at radius 3 is 2.75 bits per heavy atom. The van der Waals surface area contributed by atoms with Gasteiger partial charge in [-0.25, -0.2) is 4.98 Å². The fourth-order valence-corrected chi connectivity index (χ4v) is 3.26. The maximum absolute atomic E-state index is 13.0. The maximum Gasteiger partial charge on any atom is 0.258 e. The maximum atomic E-state index is 13.0. The number of hydrogen-bond acceptors (Lipinski definition) is 5. The zero-order valence-electron chi connectivity index (χ0n) is 15.1. The molecule has 2 N–H and O–H groups in total. The highest BCUT2D eigenvalue weighted by Gasteiger charge is 2.18. The topological polar surface area (TPSA) is 108 Å². The first-order valence-corrected chi connectivity index (χ1v) is 9.21. The smallest absolute Gasteiger partial charge is 0.258 e. The molecule has 0 bridgehead atoms. The highest BCUT2D eigenvalue weighted by atomic mass is 35.5. The van der Waals surface area contributed by atoms with Crippen molar-refractivity contribution in [2.24, 2.45) is 0 Å². The predicted molar refractivity (Wildman–Crippen MR) is 106 cm³/mol. The molecule has 1 amide bonds. The minimum Gasteiger partial charge on any atom is -0.331 e. The Morgan fingerprint density at radius 2 is 1.93 bits per heavy atom. The van der Waals surface area contributed by atoms with Gasteiger partial charge >= 0.3 is 0 Å². The summed E-state index contributed by atoms with van der Waals surface area (Å²) in [5, 5.41) is 11.5. The standard InChI is InChI=1S/C19H17ClN6O2/c1-2-7-26(19(28)11-3-6-14-16(8-11)24-25-23-14)10-17-21-15-9-12(20)4-5-13(15)18(27)22-17/h3-6,8-9H,2,7,10H2,1H3,(H,21,22,27)(H,23,24,25). The fourth-order valence-electron chi connectivity index (χ4n) is 3.09. The van der Waals surface area contributed by atoms with Gasteiger partial charge < -0.3 is 9.88 Å². The summed E-state index contributed by atoms with van der Waals surface area (Å²) in [6, 6.07) is 10.1. The third-order valence-corrected chi connectivity index (χ3v) is 4.64. The van der Waals surface area contributed by atoms with Gasteiger partial charge in [0, 0.05) is 17.1 Å². The number of hydrogen-bond donors (Lipinski definition) is 2. The van der Waals surface area contributed by atoms with Crippen LogP contribution in [0.3, 0.4) is 0 Å². The van der Waals surface area contributed by atoms with Crippen molar-refractivity contribution in [3.05, 3.63) is 63.2 Å². The Kier molecular flexibility index (Phi) is 4.79. The van der Waals surface area contributed by atoms with Crippen LogP contribution in [0.4, 0.5) is 0 Å². The Bertz CT molecular complexity index is 1230. The molecule has 2 aromatic heterocycles. The van der Waals surface area contributed by atoms with Crippen molar-refractivity contribution in [1.82, 2.24) is 30.3 Å². The number of carbonyl (C=O) groups excluding carboxylic acids is 1. The number of amides is 1. The number of aromatic amines is 2. The number of benzene rings is 2. The average Bonchev–Trinajstić information content (AvgIpc) is 3.14. The summed E-state index contributed by atoms with van der Waals surface area (Å²) in [7, 11) is 0. The van der Waals surface area contributed by atoms with Crippen LogP contribution in [-0.4, -0.2) is 42.7 Å². The molecule has 0 fully saturated rings. The summed E-state index contributed by atoms with van der Waals surface area (Å²) in [5.74, 6) is 0.240. The minimum atomic E-state index is -0.260. The van der Waals surface area contributed by atoms with Crippen molar-refractivity contribution in [2.75, 3.05) is 6.54 Å². The fraction of sp³-hybridized carbons (Fsp3) is 0.211. The van der Waals surface area contributed by atoms with E-state index in [1.54, 1.807) is 41.3 Å². The van der Waals surface area contributed by atoms with Crippen LogP contribution >= 0.6 is 11.6 Å². The van der Waals surface area contributed by atoms with Crippen LogP contribution in [0, 0.1) is 0 Å². The van der Waals surface area contributed by atoms with Crippen molar-refractivity contribution < 1.29 is 4.79 Å². The molecule has 9 heteroatoms. The molecular formula is C19H17ClN6O2. The van der Waals surface area contributed by atoms with E-state index in [0.717, 1.165) is 6.42 Å². The van der Waals surface area contributed by atoms with E-state index in [1.165, 1.54) is 0 Å². The molecule has 28 heavy (non-hydrogen) atoms.